The van der Waals surface area contributed by atoms with E-state index in [2.05, 4.69) is 33.6 Å². The van der Waals surface area contributed by atoms with Crippen LogP contribution in [0.4, 0.5) is 0 Å². The van der Waals surface area contributed by atoms with Crippen molar-refractivity contribution in [1.29, 1.82) is 0 Å². The van der Waals surface area contributed by atoms with Crippen molar-refractivity contribution in [2.45, 2.75) is 77.7 Å². The molecule has 4 nitrogen and oxygen atoms in total. The van der Waals surface area contributed by atoms with Crippen LogP contribution in [0.1, 0.15) is 71.1 Å². The van der Waals surface area contributed by atoms with E-state index in [-0.39, 0.29) is 0 Å². The minimum absolute atomic E-state index is 0.944. The van der Waals surface area contributed by atoms with Crippen LogP contribution in [0.5, 0.6) is 0 Å². The molecule has 0 N–H and O–H groups in total. The molecule has 3 heterocycles. The van der Waals surface area contributed by atoms with Gasteiger partial charge in [-0.25, -0.2) is 4.98 Å². The lowest BCUT2D eigenvalue weighted by Gasteiger charge is -2.09. The van der Waals surface area contributed by atoms with Crippen LogP contribution in [0, 0.1) is 0 Å². The number of pyridine rings is 2. The summed E-state index contributed by atoms with van der Waals surface area (Å²) in [5.41, 5.74) is 4.16. The summed E-state index contributed by atoms with van der Waals surface area (Å²) in [6.45, 7) is 3.30. The topological polar surface area (TPSA) is 43.6 Å². The van der Waals surface area contributed by atoms with Gasteiger partial charge in [0, 0.05) is 29.7 Å². The van der Waals surface area contributed by atoms with E-state index in [9.17, 15) is 0 Å². The van der Waals surface area contributed by atoms with E-state index in [0.29, 0.717) is 0 Å². The summed E-state index contributed by atoms with van der Waals surface area (Å²) in [6, 6.07) is 8.25. The molecule has 0 unspecified atom stereocenters. The first-order valence-corrected chi connectivity index (χ1v) is 11.4. The van der Waals surface area contributed by atoms with Crippen molar-refractivity contribution in [2.24, 2.45) is 0 Å². The van der Waals surface area contributed by atoms with E-state index in [4.69, 9.17) is 4.98 Å². The molecule has 3 aromatic heterocycles. The molecular formula is C25H32N4. The molecule has 152 valence electrons. The first-order valence-electron chi connectivity index (χ1n) is 11.4. The second-order valence-corrected chi connectivity index (χ2v) is 8.12. The van der Waals surface area contributed by atoms with Crippen LogP contribution in [0.15, 0.2) is 43.0 Å². The van der Waals surface area contributed by atoms with Crippen molar-refractivity contribution < 1.29 is 0 Å². The Labute approximate surface area is 173 Å². The predicted octanol–water partition coefficient (Wildman–Crippen LogP) is 7.05. The Hall–Kier alpha value is -2.49. The molecule has 0 aliphatic heterocycles. The highest BCUT2D eigenvalue weighted by atomic mass is 15.0. The third kappa shape index (κ3) is 4.42. The van der Waals surface area contributed by atoms with Crippen molar-refractivity contribution in [1.82, 2.24) is 19.5 Å². The van der Waals surface area contributed by atoms with Gasteiger partial charge in [0.25, 0.3) is 0 Å². The maximum atomic E-state index is 4.76. The average molecular weight is 389 g/mol. The van der Waals surface area contributed by atoms with Crippen molar-refractivity contribution in [3.8, 4) is 0 Å². The van der Waals surface area contributed by atoms with Gasteiger partial charge in [-0.05, 0) is 30.7 Å². The molecule has 1 aromatic carbocycles. The second-order valence-electron chi connectivity index (χ2n) is 8.12. The van der Waals surface area contributed by atoms with E-state index in [1.54, 1.807) is 0 Å². The monoisotopic (exact) mass is 388 g/mol. The molecule has 0 spiro atoms. The van der Waals surface area contributed by atoms with E-state index in [1.165, 1.54) is 69.7 Å². The molecular weight excluding hydrogens is 356 g/mol. The van der Waals surface area contributed by atoms with Gasteiger partial charge < -0.3 is 4.57 Å². The first-order chi connectivity index (χ1) is 14.4. The average Bonchev–Trinajstić information content (AvgIpc) is 3.20. The van der Waals surface area contributed by atoms with E-state index >= 15 is 0 Å². The molecule has 0 saturated carbocycles. The molecule has 4 aromatic rings. The fourth-order valence-corrected chi connectivity index (χ4v) is 4.37. The third-order valence-electron chi connectivity index (χ3n) is 5.94. The van der Waals surface area contributed by atoms with Crippen molar-refractivity contribution in [3.63, 3.8) is 0 Å². The van der Waals surface area contributed by atoms with Crippen LogP contribution in [0.3, 0.4) is 0 Å². The molecule has 29 heavy (non-hydrogen) atoms. The number of benzene rings is 1. The van der Waals surface area contributed by atoms with Gasteiger partial charge in [0.05, 0.1) is 28.4 Å². The van der Waals surface area contributed by atoms with E-state index in [0.717, 1.165) is 33.9 Å². The van der Waals surface area contributed by atoms with Crippen LogP contribution < -0.4 is 0 Å². The van der Waals surface area contributed by atoms with Crippen molar-refractivity contribution in [2.75, 3.05) is 0 Å². The Morgan fingerprint density at radius 1 is 0.655 bits per heavy atom. The Bertz CT molecular complexity index is 1070. The van der Waals surface area contributed by atoms with Gasteiger partial charge in [-0.2, -0.15) is 0 Å². The first kappa shape index (κ1) is 19.8. The zero-order chi connectivity index (χ0) is 19.9. The number of nitrogens with zero attached hydrogens (tertiary/aromatic N) is 4. The SMILES string of the molecule is CCCCCCCCCCCCn1cnc2c3cccnc3c3ncccc3c21. The number of hydrogen-bond acceptors (Lipinski definition) is 3. The molecule has 4 rings (SSSR count). The van der Waals surface area contributed by atoms with Gasteiger partial charge in [-0.3, -0.25) is 9.97 Å². The van der Waals surface area contributed by atoms with Crippen LogP contribution in [-0.4, -0.2) is 19.5 Å². The number of imidazole rings is 1. The fraction of sp³-hybridized carbons (Fsp3) is 0.480. The summed E-state index contributed by atoms with van der Waals surface area (Å²) < 4.78 is 2.32. The number of rotatable bonds is 11. The standard InChI is InChI=1S/C25H32N4/c1-2-3-4-5-6-7-8-9-10-11-18-29-19-28-24-20-14-12-16-26-22(20)23-21(25(24)29)15-13-17-27-23/h12-17,19H,2-11,18H2,1H3. The van der Waals surface area contributed by atoms with Crippen LogP contribution >= 0.6 is 0 Å². The van der Waals surface area contributed by atoms with Crippen molar-refractivity contribution in [3.05, 3.63) is 43.0 Å². The summed E-state index contributed by atoms with van der Waals surface area (Å²) >= 11 is 0. The summed E-state index contributed by atoms with van der Waals surface area (Å²) in [6.07, 6.45) is 19.3. The van der Waals surface area contributed by atoms with Gasteiger partial charge in [0.15, 0.2) is 0 Å². The predicted molar refractivity (Wildman–Crippen MR) is 122 cm³/mol. The zero-order valence-electron chi connectivity index (χ0n) is 17.6. The lowest BCUT2D eigenvalue weighted by molar-refractivity contribution is 0.538. The summed E-state index contributed by atoms with van der Waals surface area (Å²) in [5, 5.41) is 2.24. The smallest absolute Gasteiger partial charge is 0.0987 e. The minimum Gasteiger partial charge on any atom is -0.330 e. The maximum Gasteiger partial charge on any atom is 0.0987 e. The number of hydrogen-bond donors (Lipinski definition) is 0. The number of aromatic nitrogens is 4. The number of fused-ring (bicyclic) bond motifs is 6. The highest BCUT2D eigenvalue weighted by molar-refractivity contribution is 6.20. The highest BCUT2D eigenvalue weighted by Crippen LogP contribution is 2.32. The Balaban J connectivity index is 1.41. The normalized spacial score (nSPS) is 11.8. The van der Waals surface area contributed by atoms with Crippen molar-refractivity contribution >= 4 is 32.8 Å². The van der Waals surface area contributed by atoms with Crippen LogP contribution in [0.25, 0.3) is 32.8 Å². The molecule has 4 heteroatoms. The molecule has 0 bridgehead atoms. The minimum atomic E-state index is 0.944. The summed E-state index contributed by atoms with van der Waals surface area (Å²) in [4.78, 5) is 14.0. The van der Waals surface area contributed by atoms with Gasteiger partial charge in [0.1, 0.15) is 0 Å². The van der Waals surface area contributed by atoms with Crippen LogP contribution in [-0.2, 0) is 6.54 Å². The molecule has 0 radical (unpaired) electrons. The lowest BCUT2D eigenvalue weighted by atomic mass is 10.1. The third-order valence-corrected chi connectivity index (χ3v) is 5.94. The fourth-order valence-electron chi connectivity index (χ4n) is 4.37. The highest BCUT2D eigenvalue weighted by Gasteiger charge is 2.14. The Morgan fingerprint density at radius 2 is 1.24 bits per heavy atom. The molecule has 0 saturated heterocycles. The molecule has 0 atom stereocenters. The summed E-state index contributed by atoms with van der Waals surface area (Å²) in [5.74, 6) is 0. The van der Waals surface area contributed by atoms with E-state index in [1.807, 2.05) is 30.9 Å². The largest absolute Gasteiger partial charge is 0.330 e. The maximum absolute atomic E-state index is 4.76. The molecule has 0 aliphatic rings. The van der Waals surface area contributed by atoms with Gasteiger partial charge in [-0.1, -0.05) is 64.7 Å². The molecule has 0 fully saturated rings. The zero-order valence-corrected chi connectivity index (χ0v) is 17.6. The second kappa shape index (κ2) is 9.82. The van der Waals surface area contributed by atoms with E-state index < -0.39 is 0 Å². The molecule has 0 amide bonds. The number of unbranched alkanes of at least 4 members (excludes halogenated alkanes) is 9. The van der Waals surface area contributed by atoms with Crippen LogP contribution in [0.2, 0.25) is 0 Å². The van der Waals surface area contributed by atoms with Gasteiger partial charge >= 0.3 is 0 Å². The van der Waals surface area contributed by atoms with Gasteiger partial charge in [-0.15, -0.1) is 0 Å². The molecule has 0 aliphatic carbocycles. The lowest BCUT2D eigenvalue weighted by Crippen LogP contribution is -1.98. The number of aryl methyl sites for hydroxylation is 1. The quantitative estimate of drug-likeness (QED) is 0.204. The summed E-state index contributed by atoms with van der Waals surface area (Å²) in [7, 11) is 0. The van der Waals surface area contributed by atoms with Gasteiger partial charge in [0.2, 0.25) is 0 Å². The Kier molecular flexibility index (Phi) is 6.71. The Morgan fingerprint density at radius 3 is 1.93 bits per heavy atom.